The predicted octanol–water partition coefficient (Wildman–Crippen LogP) is 1.17. The first-order valence-electron chi connectivity index (χ1n) is 5.73. The van der Waals surface area contributed by atoms with Gasteiger partial charge in [0.15, 0.2) is 5.82 Å². The number of nitrogens with zero attached hydrogens (tertiary/aromatic N) is 2. The molecule has 2 heterocycles. The van der Waals surface area contributed by atoms with E-state index < -0.39 is 0 Å². The van der Waals surface area contributed by atoms with Crippen molar-refractivity contribution in [1.82, 2.24) is 10.2 Å². The SMILES string of the molecule is Cc1cc(N2C(=O)[C@H]3CC=CC[C@H]3C2=O)n[nH]1. The number of rotatable bonds is 1. The molecule has 3 rings (SSSR count). The summed E-state index contributed by atoms with van der Waals surface area (Å²) in [7, 11) is 0. The summed E-state index contributed by atoms with van der Waals surface area (Å²) >= 11 is 0. The monoisotopic (exact) mass is 231 g/mol. The fourth-order valence-corrected chi connectivity index (χ4v) is 2.54. The molecule has 1 N–H and O–H groups in total. The van der Waals surface area contributed by atoms with Gasteiger partial charge in [0.05, 0.1) is 11.8 Å². The van der Waals surface area contributed by atoms with Crippen molar-refractivity contribution in [3.8, 4) is 0 Å². The van der Waals surface area contributed by atoms with E-state index >= 15 is 0 Å². The Bertz CT molecular complexity index is 492. The molecule has 2 atom stereocenters. The number of imide groups is 1. The van der Waals surface area contributed by atoms with E-state index in [1.807, 2.05) is 19.1 Å². The number of hydrogen-bond donors (Lipinski definition) is 1. The third-order valence-corrected chi connectivity index (χ3v) is 3.43. The summed E-state index contributed by atoms with van der Waals surface area (Å²) in [4.78, 5) is 25.6. The molecule has 1 fully saturated rings. The molecule has 17 heavy (non-hydrogen) atoms. The van der Waals surface area contributed by atoms with Crippen LogP contribution in [0.15, 0.2) is 18.2 Å². The molecule has 0 bridgehead atoms. The number of H-pyrrole nitrogens is 1. The van der Waals surface area contributed by atoms with Crippen molar-refractivity contribution < 1.29 is 9.59 Å². The molecule has 0 radical (unpaired) electrons. The van der Waals surface area contributed by atoms with Gasteiger partial charge in [-0.3, -0.25) is 14.7 Å². The molecule has 1 aliphatic carbocycles. The van der Waals surface area contributed by atoms with Crippen molar-refractivity contribution in [1.29, 1.82) is 0 Å². The second-order valence-corrected chi connectivity index (χ2v) is 4.58. The molecule has 0 spiro atoms. The Morgan fingerprint density at radius 3 is 2.29 bits per heavy atom. The number of fused-ring (bicyclic) bond motifs is 1. The zero-order chi connectivity index (χ0) is 12.0. The summed E-state index contributed by atoms with van der Waals surface area (Å²) in [6.45, 7) is 1.84. The van der Waals surface area contributed by atoms with E-state index in [-0.39, 0.29) is 23.7 Å². The number of carbonyl (C=O) groups excluding carboxylic acids is 2. The standard InChI is InChI=1S/C12H13N3O2/c1-7-6-10(14-13-7)15-11(16)8-4-2-3-5-9(8)12(15)17/h2-3,6,8-9H,4-5H2,1H3,(H,13,14)/t8-,9+. The average molecular weight is 231 g/mol. The van der Waals surface area contributed by atoms with Gasteiger partial charge in [-0.2, -0.15) is 5.10 Å². The maximum absolute atomic E-state index is 12.2. The number of hydrogen-bond acceptors (Lipinski definition) is 3. The highest BCUT2D eigenvalue weighted by atomic mass is 16.2. The number of amides is 2. The largest absolute Gasteiger partial charge is 0.281 e. The Labute approximate surface area is 98.5 Å². The Balaban J connectivity index is 1.97. The van der Waals surface area contributed by atoms with Crippen LogP contribution in [0, 0.1) is 18.8 Å². The van der Waals surface area contributed by atoms with Crippen LogP contribution in [-0.2, 0) is 9.59 Å². The van der Waals surface area contributed by atoms with E-state index in [2.05, 4.69) is 10.2 Å². The molecule has 0 unspecified atom stereocenters. The maximum Gasteiger partial charge on any atom is 0.239 e. The lowest BCUT2D eigenvalue weighted by Crippen LogP contribution is -2.31. The molecule has 1 saturated heterocycles. The van der Waals surface area contributed by atoms with Gasteiger partial charge in [-0.15, -0.1) is 0 Å². The highest BCUT2D eigenvalue weighted by Crippen LogP contribution is 2.36. The molecule has 5 nitrogen and oxygen atoms in total. The summed E-state index contributed by atoms with van der Waals surface area (Å²) in [6.07, 6.45) is 5.28. The van der Waals surface area contributed by atoms with Gasteiger partial charge in [0, 0.05) is 11.8 Å². The van der Waals surface area contributed by atoms with Crippen molar-refractivity contribution in [3.05, 3.63) is 23.9 Å². The third-order valence-electron chi connectivity index (χ3n) is 3.43. The second-order valence-electron chi connectivity index (χ2n) is 4.58. The van der Waals surface area contributed by atoms with Crippen molar-refractivity contribution >= 4 is 17.6 Å². The lowest BCUT2D eigenvalue weighted by molar-refractivity contribution is -0.122. The van der Waals surface area contributed by atoms with Gasteiger partial charge in [0.25, 0.3) is 0 Å². The smallest absolute Gasteiger partial charge is 0.239 e. The minimum absolute atomic E-state index is 0.115. The van der Waals surface area contributed by atoms with Crippen LogP contribution in [0.3, 0.4) is 0 Å². The van der Waals surface area contributed by atoms with Crippen molar-refractivity contribution in [2.75, 3.05) is 4.90 Å². The highest BCUT2D eigenvalue weighted by Gasteiger charge is 2.48. The summed E-state index contributed by atoms with van der Waals surface area (Å²) in [5, 5.41) is 6.75. The summed E-state index contributed by atoms with van der Waals surface area (Å²) in [5.74, 6) is -0.187. The van der Waals surface area contributed by atoms with Gasteiger partial charge < -0.3 is 0 Å². The maximum atomic E-state index is 12.2. The van der Waals surface area contributed by atoms with E-state index in [1.54, 1.807) is 6.07 Å². The molecule has 2 aliphatic rings. The van der Waals surface area contributed by atoms with Crippen LogP contribution in [0.2, 0.25) is 0 Å². The van der Waals surface area contributed by atoms with Crippen LogP contribution < -0.4 is 4.90 Å². The lowest BCUT2D eigenvalue weighted by atomic mass is 9.85. The van der Waals surface area contributed by atoms with Crippen LogP contribution in [0.25, 0.3) is 0 Å². The number of aryl methyl sites for hydroxylation is 1. The van der Waals surface area contributed by atoms with Crippen molar-refractivity contribution in [2.24, 2.45) is 11.8 Å². The minimum atomic E-state index is -0.190. The molecule has 0 aromatic carbocycles. The first-order chi connectivity index (χ1) is 8.18. The molecule has 5 heteroatoms. The summed E-state index contributed by atoms with van der Waals surface area (Å²) in [6, 6.07) is 1.72. The van der Waals surface area contributed by atoms with Crippen LogP contribution in [0.4, 0.5) is 5.82 Å². The fourth-order valence-electron chi connectivity index (χ4n) is 2.54. The highest BCUT2D eigenvalue weighted by molar-refractivity contribution is 6.21. The van der Waals surface area contributed by atoms with Gasteiger partial charge in [-0.1, -0.05) is 12.2 Å². The van der Waals surface area contributed by atoms with Gasteiger partial charge in [0.1, 0.15) is 0 Å². The van der Waals surface area contributed by atoms with Gasteiger partial charge in [-0.25, -0.2) is 4.90 Å². The van der Waals surface area contributed by atoms with Crippen molar-refractivity contribution in [2.45, 2.75) is 19.8 Å². The summed E-state index contributed by atoms with van der Waals surface area (Å²) in [5.41, 5.74) is 0.841. The van der Waals surface area contributed by atoms with Crippen molar-refractivity contribution in [3.63, 3.8) is 0 Å². The molecule has 1 aromatic rings. The normalized spacial score (nSPS) is 27.7. The summed E-state index contributed by atoms with van der Waals surface area (Å²) < 4.78 is 0. The first-order valence-corrected chi connectivity index (χ1v) is 5.73. The number of anilines is 1. The Morgan fingerprint density at radius 1 is 1.24 bits per heavy atom. The van der Waals surface area contributed by atoms with Crippen LogP contribution in [-0.4, -0.2) is 22.0 Å². The first kappa shape index (κ1) is 10.3. The molecule has 0 saturated carbocycles. The fraction of sp³-hybridized carbons (Fsp3) is 0.417. The number of carbonyl (C=O) groups is 2. The van der Waals surface area contributed by atoms with Gasteiger partial charge in [-0.05, 0) is 19.8 Å². The van der Waals surface area contributed by atoms with E-state index in [4.69, 9.17) is 0 Å². The van der Waals surface area contributed by atoms with Gasteiger partial charge >= 0.3 is 0 Å². The topological polar surface area (TPSA) is 66.1 Å². The molecule has 88 valence electrons. The molecule has 1 aliphatic heterocycles. The molecular weight excluding hydrogens is 218 g/mol. The van der Waals surface area contributed by atoms with E-state index in [0.717, 1.165) is 5.69 Å². The Hall–Kier alpha value is -1.91. The zero-order valence-electron chi connectivity index (χ0n) is 9.51. The number of aromatic nitrogens is 2. The van der Waals surface area contributed by atoms with Crippen LogP contribution in [0.1, 0.15) is 18.5 Å². The Morgan fingerprint density at radius 2 is 1.82 bits per heavy atom. The predicted molar refractivity (Wildman–Crippen MR) is 61.2 cm³/mol. The van der Waals surface area contributed by atoms with Crippen LogP contribution in [0.5, 0.6) is 0 Å². The van der Waals surface area contributed by atoms with Crippen LogP contribution >= 0.6 is 0 Å². The zero-order valence-corrected chi connectivity index (χ0v) is 9.51. The third kappa shape index (κ3) is 1.42. The average Bonchev–Trinajstić information content (AvgIpc) is 2.84. The van der Waals surface area contributed by atoms with Gasteiger partial charge in [0.2, 0.25) is 11.8 Å². The second kappa shape index (κ2) is 3.55. The molecular formula is C12H13N3O2. The lowest BCUT2D eigenvalue weighted by Gasteiger charge is -2.14. The number of nitrogens with one attached hydrogen (secondary N) is 1. The molecule has 2 amide bonds. The quantitative estimate of drug-likeness (QED) is 0.583. The number of allylic oxidation sites excluding steroid dienone is 2. The van der Waals surface area contributed by atoms with E-state index in [1.165, 1.54) is 4.90 Å². The number of aromatic amines is 1. The van der Waals surface area contributed by atoms with E-state index in [0.29, 0.717) is 18.7 Å². The minimum Gasteiger partial charge on any atom is -0.281 e. The molecule has 1 aromatic heterocycles. The van der Waals surface area contributed by atoms with E-state index in [9.17, 15) is 9.59 Å². The Kier molecular flexibility index (Phi) is 2.14.